The van der Waals surface area contributed by atoms with Gasteiger partial charge in [0, 0.05) is 18.5 Å². The summed E-state index contributed by atoms with van der Waals surface area (Å²) < 4.78 is 5.42. The zero-order valence-electron chi connectivity index (χ0n) is 13.4. The fourth-order valence-corrected chi connectivity index (χ4v) is 2.35. The van der Waals surface area contributed by atoms with E-state index in [1.54, 1.807) is 4.90 Å². The number of carbonyl (C=O) groups excluding carboxylic acids is 2. The topological polar surface area (TPSA) is 46.6 Å². The molecule has 4 nitrogen and oxygen atoms in total. The standard InChI is InChI=1S/C17H23NO3/c1-11(2)12-6-7-14-13(10-12)15(19)8-9-18(14)16(20)21-17(3,4)5/h6-7,10-11H,8-9H2,1-5H3. The summed E-state index contributed by atoms with van der Waals surface area (Å²) in [5.41, 5.74) is 1.84. The molecule has 1 aromatic rings. The Kier molecular flexibility index (Phi) is 4.08. The lowest BCUT2D eigenvalue weighted by Crippen LogP contribution is -2.41. The van der Waals surface area contributed by atoms with Crippen LogP contribution in [0.15, 0.2) is 18.2 Å². The van der Waals surface area contributed by atoms with Gasteiger partial charge in [-0.1, -0.05) is 19.9 Å². The van der Waals surface area contributed by atoms with Crippen molar-refractivity contribution in [1.29, 1.82) is 0 Å². The Hall–Kier alpha value is -1.84. The molecule has 4 heteroatoms. The lowest BCUT2D eigenvalue weighted by atomic mass is 9.94. The number of ether oxygens (including phenoxy) is 1. The van der Waals surface area contributed by atoms with E-state index in [4.69, 9.17) is 4.74 Å². The van der Waals surface area contributed by atoms with Crippen LogP contribution in [0.1, 0.15) is 62.9 Å². The van der Waals surface area contributed by atoms with Crippen molar-refractivity contribution in [3.63, 3.8) is 0 Å². The highest BCUT2D eigenvalue weighted by atomic mass is 16.6. The Bertz CT molecular complexity index is 570. The van der Waals surface area contributed by atoms with Gasteiger partial charge in [-0.15, -0.1) is 0 Å². The molecule has 0 atom stereocenters. The number of hydrogen-bond acceptors (Lipinski definition) is 3. The second-order valence-electron chi connectivity index (χ2n) is 6.74. The molecule has 1 aromatic carbocycles. The van der Waals surface area contributed by atoms with Gasteiger partial charge in [-0.05, 0) is 44.4 Å². The van der Waals surface area contributed by atoms with E-state index in [2.05, 4.69) is 13.8 Å². The number of ketones is 1. The van der Waals surface area contributed by atoms with Crippen LogP contribution in [0.2, 0.25) is 0 Å². The number of nitrogens with zero attached hydrogens (tertiary/aromatic N) is 1. The van der Waals surface area contributed by atoms with Crippen molar-refractivity contribution in [2.24, 2.45) is 0 Å². The summed E-state index contributed by atoms with van der Waals surface area (Å²) >= 11 is 0. The van der Waals surface area contributed by atoms with E-state index >= 15 is 0 Å². The maximum Gasteiger partial charge on any atom is 0.414 e. The maximum absolute atomic E-state index is 12.3. The molecular formula is C17H23NO3. The van der Waals surface area contributed by atoms with Crippen LogP contribution in [0.5, 0.6) is 0 Å². The molecule has 0 aromatic heterocycles. The van der Waals surface area contributed by atoms with Crippen LogP contribution in [0.25, 0.3) is 0 Å². The Morgan fingerprint density at radius 2 is 1.95 bits per heavy atom. The third kappa shape index (κ3) is 3.43. The third-order valence-corrected chi connectivity index (χ3v) is 3.45. The predicted molar refractivity (Wildman–Crippen MR) is 83.1 cm³/mol. The third-order valence-electron chi connectivity index (χ3n) is 3.45. The molecule has 1 amide bonds. The summed E-state index contributed by atoms with van der Waals surface area (Å²) in [6.45, 7) is 10.1. The summed E-state index contributed by atoms with van der Waals surface area (Å²) in [5, 5.41) is 0. The molecule has 1 aliphatic rings. The number of Topliss-reactive ketones (excluding diaryl/α,β-unsaturated/α-hetero) is 1. The number of fused-ring (bicyclic) bond motifs is 1. The van der Waals surface area contributed by atoms with E-state index in [0.717, 1.165) is 5.56 Å². The second-order valence-corrected chi connectivity index (χ2v) is 6.74. The van der Waals surface area contributed by atoms with Gasteiger partial charge in [0.15, 0.2) is 5.78 Å². The lowest BCUT2D eigenvalue weighted by Gasteiger charge is -2.31. The van der Waals surface area contributed by atoms with E-state index in [1.807, 2.05) is 39.0 Å². The summed E-state index contributed by atoms with van der Waals surface area (Å²) in [6, 6.07) is 5.73. The second kappa shape index (κ2) is 5.51. The van der Waals surface area contributed by atoms with Crippen molar-refractivity contribution in [3.8, 4) is 0 Å². The molecule has 0 N–H and O–H groups in total. The van der Waals surface area contributed by atoms with E-state index < -0.39 is 11.7 Å². The number of rotatable bonds is 1. The average Bonchev–Trinajstić information content (AvgIpc) is 2.36. The first-order valence-corrected chi connectivity index (χ1v) is 7.36. The smallest absolute Gasteiger partial charge is 0.414 e. The molecule has 0 aliphatic carbocycles. The molecule has 114 valence electrons. The van der Waals surface area contributed by atoms with Gasteiger partial charge in [0.1, 0.15) is 5.60 Å². The predicted octanol–water partition coefficient (Wildman–Crippen LogP) is 4.14. The molecule has 21 heavy (non-hydrogen) atoms. The van der Waals surface area contributed by atoms with Gasteiger partial charge >= 0.3 is 6.09 Å². The first kappa shape index (κ1) is 15.5. The molecule has 1 aliphatic heterocycles. The van der Waals surface area contributed by atoms with Crippen molar-refractivity contribution < 1.29 is 14.3 Å². The normalized spacial score (nSPS) is 15.1. The van der Waals surface area contributed by atoms with Crippen LogP contribution in [0.4, 0.5) is 10.5 Å². The van der Waals surface area contributed by atoms with Gasteiger partial charge < -0.3 is 4.74 Å². The lowest BCUT2D eigenvalue weighted by molar-refractivity contribution is 0.0577. The maximum atomic E-state index is 12.3. The van der Waals surface area contributed by atoms with Gasteiger partial charge in [0.2, 0.25) is 0 Å². The zero-order valence-corrected chi connectivity index (χ0v) is 13.4. The first-order valence-electron chi connectivity index (χ1n) is 7.36. The summed E-state index contributed by atoms with van der Waals surface area (Å²) in [6.07, 6.45) is -0.0538. The number of amides is 1. The first-order chi connectivity index (χ1) is 9.69. The minimum Gasteiger partial charge on any atom is -0.443 e. The zero-order chi connectivity index (χ0) is 15.8. The van der Waals surface area contributed by atoms with E-state index in [9.17, 15) is 9.59 Å². The van der Waals surface area contributed by atoms with Crippen molar-refractivity contribution >= 4 is 17.6 Å². The largest absolute Gasteiger partial charge is 0.443 e. The van der Waals surface area contributed by atoms with E-state index in [-0.39, 0.29) is 5.78 Å². The van der Waals surface area contributed by atoms with E-state index in [0.29, 0.717) is 30.1 Å². The highest BCUT2D eigenvalue weighted by Crippen LogP contribution is 2.31. The van der Waals surface area contributed by atoms with Gasteiger partial charge in [-0.3, -0.25) is 9.69 Å². The summed E-state index contributed by atoms with van der Waals surface area (Å²) in [7, 11) is 0. The fraction of sp³-hybridized carbons (Fsp3) is 0.529. The van der Waals surface area contributed by atoms with Crippen LogP contribution < -0.4 is 4.90 Å². The molecule has 2 rings (SSSR count). The molecule has 0 bridgehead atoms. The van der Waals surface area contributed by atoms with Crippen molar-refractivity contribution in [1.82, 2.24) is 0 Å². The molecule has 0 fully saturated rings. The molecular weight excluding hydrogens is 266 g/mol. The summed E-state index contributed by atoms with van der Waals surface area (Å²) in [5.74, 6) is 0.437. The van der Waals surface area contributed by atoms with Crippen molar-refractivity contribution in [2.75, 3.05) is 11.4 Å². The van der Waals surface area contributed by atoms with Crippen LogP contribution in [0, 0.1) is 0 Å². The molecule has 0 radical (unpaired) electrons. The quantitative estimate of drug-likeness (QED) is 0.780. The monoisotopic (exact) mass is 289 g/mol. The Balaban J connectivity index is 2.36. The van der Waals surface area contributed by atoms with Crippen LogP contribution in [-0.2, 0) is 4.74 Å². The van der Waals surface area contributed by atoms with Crippen LogP contribution in [0.3, 0.4) is 0 Å². The number of anilines is 1. The van der Waals surface area contributed by atoms with E-state index in [1.165, 1.54) is 0 Å². The van der Waals surface area contributed by atoms with Gasteiger partial charge in [0.05, 0.1) is 5.69 Å². The molecule has 0 saturated carbocycles. The minimum atomic E-state index is -0.545. The Labute approximate surface area is 126 Å². The summed E-state index contributed by atoms with van der Waals surface area (Å²) in [4.78, 5) is 26.0. The molecule has 1 heterocycles. The molecule has 0 spiro atoms. The Morgan fingerprint density at radius 1 is 1.29 bits per heavy atom. The van der Waals surface area contributed by atoms with Crippen LogP contribution in [-0.4, -0.2) is 24.0 Å². The Morgan fingerprint density at radius 3 is 2.52 bits per heavy atom. The SMILES string of the molecule is CC(C)c1ccc2c(c1)C(=O)CCN2C(=O)OC(C)(C)C. The van der Waals surface area contributed by atoms with Crippen molar-refractivity contribution in [2.45, 2.75) is 52.6 Å². The van der Waals surface area contributed by atoms with Crippen LogP contribution >= 0.6 is 0 Å². The fourth-order valence-electron chi connectivity index (χ4n) is 2.35. The highest BCUT2D eigenvalue weighted by Gasteiger charge is 2.30. The van der Waals surface area contributed by atoms with Gasteiger partial charge in [-0.2, -0.15) is 0 Å². The van der Waals surface area contributed by atoms with Crippen molar-refractivity contribution in [3.05, 3.63) is 29.3 Å². The van der Waals surface area contributed by atoms with Gasteiger partial charge in [-0.25, -0.2) is 4.79 Å². The highest BCUT2D eigenvalue weighted by molar-refractivity contribution is 6.07. The molecule has 0 unspecified atom stereocenters. The minimum absolute atomic E-state index is 0.0901. The average molecular weight is 289 g/mol. The number of hydrogen-bond donors (Lipinski definition) is 0. The number of benzene rings is 1. The molecule has 0 saturated heterocycles. The van der Waals surface area contributed by atoms with Gasteiger partial charge in [0.25, 0.3) is 0 Å². The number of carbonyl (C=O) groups is 2.